The zero-order chi connectivity index (χ0) is 17.2. The minimum absolute atomic E-state index is 0.0126. The SMILES string of the molecule is O=[N+]([O-])c1ccc(O[N+]2(N3CCCC3)CCCCN2)c([N+](=O)[O-])c1. The van der Waals surface area contributed by atoms with Crippen LogP contribution in [0.1, 0.15) is 25.7 Å². The van der Waals surface area contributed by atoms with Gasteiger partial charge in [-0.1, -0.05) is 5.01 Å². The van der Waals surface area contributed by atoms with Gasteiger partial charge in [0.1, 0.15) is 0 Å². The van der Waals surface area contributed by atoms with Crippen LogP contribution in [0, 0.1) is 20.2 Å². The Hall–Kier alpha value is -2.30. The lowest BCUT2D eigenvalue weighted by molar-refractivity contribution is -1.20. The van der Waals surface area contributed by atoms with E-state index < -0.39 is 15.5 Å². The Bertz CT molecular complexity index is 640. The van der Waals surface area contributed by atoms with Crippen LogP contribution >= 0.6 is 0 Å². The van der Waals surface area contributed by atoms with E-state index in [1.807, 2.05) is 0 Å². The lowest BCUT2D eigenvalue weighted by atomic mass is 10.2. The molecule has 1 unspecified atom stereocenters. The average Bonchev–Trinajstić information content (AvgIpc) is 3.11. The van der Waals surface area contributed by atoms with Gasteiger partial charge < -0.3 is 0 Å². The van der Waals surface area contributed by atoms with Crippen molar-refractivity contribution in [2.24, 2.45) is 0 Å². The van der Waals surface area contributed by atoms with Crippen LogP contribution in [0.5, 0.6) is 5.75 Å². The van der Waals surface area contributed by atoms with Crippen molar-refractivity contribution < 1.29 is 19.5 Å². The highest BCUT2D eigenvalue weighted by molar-refractivity contribution is 5.53. The quantitative estimate of drug-likeness (QED) is 0.496. The predicted molar refractivity (Wildman–Crippen MR) is 83.5 cm³/mol. The Labute approximate surface area is 138 Å². The van der Waals surface area contributed by atoms with Crippen molar-refractivity contribution in [3.63, 3.8) is 0 Å². The van der Waals surface area contributed by atoms with Gasteiger partial charge in [-0.2, -0.15) is 0 Å². The number of nitro benzene ring substituents is 2. The van der Waals surface area contributed by atoms with Gasteiger partial charge >= 0.3 is 5.69 Å². The predicted octanol–water partition coefficient (Wildman–Crippen LogP) is 1.92. The Morgan fingerprint density at radius 2 is 1.83 bits per heavy atom. The highest BCUT2D eigenvalue weighted by atomic mass is 16.8. The van der Waals surface area contributed by atoms with E-state index >= 15 is 0 Å². The molecule has 0 aromatic heterocycles. The summed E-state index contributed by atoms with van der Waals surface area (Å²) in [6, 6.07) is 3.48. The maximum atomic E-state index is 11.3. The van der Waals surface area contributed by atoms with Crippen LogP contribution in [0.4, 0.5) is 11.4 Å². The summed E-state index contributed by atoms with van der Waals surface area (Å²) in [6.07, 6.45) is 4.05. The molecule has 2 aliphatic heterocycles. The van der Waals surface area contributed by atoms with Gasteiger partial charge in [-0.15, -0.1) is 5.43 Å². The van der Waals surface area contributed by atoms with Gasteiger partial charge in [-0.05, 0) is 19.3 Å². The van der Waals surface area contributed by atoms with Crippen LogP contribution in [0.15, 0.2) is 18.2 Å². The van der Waals surface area contributed by atoms with Crippen LogP contribution in [0.2, 0.25) is 0 Å². The van der Waals surface area contributed by atoms with Crippen LogP contribution in [0.25, 0.3) is 0 Å². The number of benzene rings is 1. The fourth-order valence-electron chi connectivity index (χ4n) is 3.19. The molecule has 0 bridgehead atoms. The van der Waals surface area contributed by atoms with Gasteiger partial charge in [0.2, 0.25) is 0 Å². The third-order valence-corrected chi connectivity index (χ3v) is 4.39. The molecule has 2 aliphatic rings. The molecule has 1 aromatic carbocycles. The Morgan fingerprint density at radius 1 is 1.08 bits per heavy atom. The van der Waals surface area contributed by atoms with Gasteiger partial charge in [0.15, 0.2) is 6.54 Å². The van der Waals surface area contributed by atoms with Crippen molar-refractivity contribution in [3.05, 3.63) is 38.4 Å². The summed E-state index contributed by atoms with van der Waals surface area (Å²) in [5, 5.41) is 24.3. The second-order valence-electron chi connectivity index (χ2n) is 5.96. The van der Waals surface area contributed by atoms with Crippen molar-refractivity contribution in [3.8, 4) is 5.75 Å². The van der Waals surface area contributed by atoms with E-state index in [-0.39, 0.29) is 16.3 Å². The minimum atomic E-state index is -0.652. The molecule has 0 saturated carbocycles. The zero-order valence-electron chi connectivity index (χ0n) is 13.2. The number of nitrogens with one attached hydrogen (secondary N) is 1. The molecule has 3 rings (SSSR count). The molecule has 24 heavy (non-hydrogen) atoms. The van der Waals surface area contributed by atoms with Crippen molar-refractivity contribution >= 4 is 11.4 Å². The Morgan fingerprint density at radius 3 is 2.42 bits per heavy atom. The van der Waals surface area contributed by atoms with Gasteiger partial charge in [-0.25, -0.2) is 0 Å². The molecule has 2 saturated heterocycles. The summed E-state index contributed by atoms with van der Waals surface area (Å²) in [6.45, 7) is 3.09. The van der Waals surface area contributed by atoms with E-state index in [1.54, 1.807) is 0 Å². The number of hydrogen-bond donors (Lipinski definition) is 1. The van der Waals surface area contributed by atoms with Crippen molar-refractivity contribution in [2.75, 3.05) is 26.2 Å². The first kappa shape index (κ1) is 16.6. The first-order valence-corrected chi connectivity index (χ1v) is 8.03. The lowest BCUT2D eigenvalue weighted by Gasteiger charge is -2.41. The monoisotopic (exact) mass is 338 g/mol. The molecule has 130 valence electrons. The molecular weight excluding hydrogens is 318 g/mol. The smallest absolute Gasteiger partial charge is 0.266 e. The van der Waals surface area contributed by atoms with E-state index in [2.05, 4.69) is 10.4 Å². The minimum Gasteiger partial charge on any atom is -0.266 e. The third-order valence-electron chi connectivity index (χ3n) is 4.39. The normalized spacial score (nSPS) is 24.7. The molecule has 0 amide bonds. The highest BCUT2D eigenvalue weighted by Gasteiger charge is 2.44. The molecule has 2 fully saturated rings. The summed E-state index contributed by atoms with van der Waals surface area (Å²) in [5.74, 6) is 0.0342. The van der Waals surface area contributed by atoms with Crippen LogP contribution in [-0.4, -0.2) is 45.9 Å². The topological polar surface area (TPSA) is 111 Å². The molecule has 1 atom stereocenters. The standard InChI is InChI=1S/C14H20N5O5/c20-17(21)12-5-6-14(13(11-12)18(22)23)24-19(10-4-1-7-15-19)16-8-2-3-9-16/h5-6,11,15H,1-4,7-10H2/q+1. The second-order valence-corrected chi connectivity index (χ2v) is 5.96. The number of hydroxylamine groups is 1. The fraction of sp³-hybridized carbons (Fsp3) is 0.571. The van der Waals surface area contributed by atoms with Gasteiger partial charge in [0, 0.05) is 23.4 Å². The van der Waals surface area contributed by atoms with E-state index in [0.29, 0.717) is 6.54 Å². The zero-order valence-corrected chi connectivity index (χ0v) is 13.2. The van der Waals surface area contributed by atoms with Crippen molar-refractivity contribution in [2.45, 2.75) is 25.7 Å². The van der Waals surface area contributed by atoms with E-state index in [0.717, 1.165) is 51.4 Å². The number of non-ortho nitro benzene ring substituents is 1. The third kappa shape index (κ3) is 3.16. The first-order valence-electron chi connectivity index (χ1n) is 8.03. The molecule has 0 radical (unpaired) electrons. The van der Waals surface area contributed by atoms with Crippen molar-refractivity contribution in [1.82, 2.24) is 10.4 Å². The Kier molecular flexibility index (Phi) is 4.60. The van der Waals surface area contributed by atoms with Crippen LogP contribution in [0.3, 0.4) is 0 Å². The van der Waals surface area contributed by atoms with Gasteiger partial charge in [0.25, 0.3) is 11.4 Å². The van der Waals surface area contributed by atoms with E-state index in [9.17, 15) is 20.2 Å². The van der Waals surface area contributed by atoms with Gasteiger partial charge in [-0.3, -0.25) is 25.1 Å². The largest absolute Gasteiger partial charge is 0.325 e. The van der Waals surface area contributed by atoms with Gasteiger partial charge in [0.05, 0.1) is 35.5 Å². The fourth-order valence-corrected chi connectivity index (χ4v) is 3.19. The maximum Gasteiger partial charge on any atom is 0.325 e. The maximum absolute atomic E-state index is 11.3. The summed E-state index contributed by atoms with van der Waals surface area (Å²) >= 11 is 0. The first-order chi connectivity index (χ1) is 11.5. The molecule has 1 N–H and O–H groups in total. The van der Waals surface area contributed by atoms with E-state index in [1.165, 1.54) is 12.1 Å². The summed E-state index contributed by atoms with van der Waals surface area (Å²) in [4.78, 5) is 26.9. The number of nitro groups is 2. The van der Waals surface area contributed by atoms with Crippen LogP contribution in [-0.2, 0) is 0 Å². The molecule has 10 heteroatoms. The highest BCUT2D eigenvalue weighted by Crippen LogP contribution is 2.34. The number of rotatable bonds is 5. The molecular formula is C14H20N5O5+. The number of quaternary nitrogens is 1. The van der Waals surface area contributed by atoms with E-state index in [4.69, 9.17) is 4.84 Å². The molecule has 0 spiro atoms. The second kappa shape index (κ2) is 6.67. The Balaban J connectivity index is 1.94. The summed E-state index contributed by atoms with van der Waals surface area (Å²) in [7, 11) is 0. The molecule has 0 aliphatic carbocycles. The molecule has 10 nitrogen and oxygen atoms in total. The number of nitrogens with zero attached hydrogens (tertiary/aromatic N) is 4. The van der Waals surface area contributed by atoms with Crippen LogP contribution < -0.4 is 10.3 Å². The van der Waals surface area contributed by atoms with Crippen molar-refractivity contribution in [1.29, 1.82) is 0 Å². The lowest BCUT2D eigenvalue weighted by Crippen LogP contribution is -2.71. The molecule has 1 aromatic rings. The average molecular weight is 338 g/mol. The number of hydrogen-bond acceptors (Lipinski definition) is 7. The summed E-state index contributed by atoms with van der Waals surface area (Å²) in [5.41, 5.74) is 2.59. The molecule has 2 heterocycles. The summed E-state index contributed by atoms with van der Waals surface area (Å²) < 4.78 is 0.